The Morgan fingerprint density at radius 1 is 1.00 bits per heavy atom. The van der Waals surface area contributed by atoms with Crippen molar-refractivity contribution in [1.29, 1.82) is 0 Å². The molecular formula is C24H25F3N2O3. The van der Waals surface area contributed by atoms with E-state index in [2.05, 4.69) is 5.10 Å². The predicted molar refractivity (Wildman–Crippen MR) is 114 cm³/mol. The summed E-state index contributed by atoms with van der Waals surface area (Å²) in [5.41, 5.74) is 0.764. The van der Waals surface area contributed by atoms with E-state index in [4.69, 9.17) is 9.47 Å². The van der Waals surface area contributed by atoms with Gasteiger partial charge in [0.25, 0.3) is 0 Å². The molecule has 2 atom stereocenters. The molecule has 0 N–H and O–H groups in total. The summed E-state index contributed by atoms with van der Waals surface area (Å²) in [7, 11) is 3.09. The van der Waals surface area contributed by atoms with Crippen LogP contribution in [0.2, 0.25) is 0 Å². The topological polar surface area (TPSA) is 51.1 Å². The van der Waals surface area contributed by atoms with Crippen molar-refractivity contribution in [2.24, 2.45) is 16.9 Å². The molecule has 1 saturated carbocycles. The Bertz CT molecular complexity index is 1040. The van der Waals surface area contributed by atoms with E-state index in [1.807, 2.05) is 6.07 Å². The van der Waals surface area contributed by atoms with Gasteiger partial charge in [0.1, 0.15) is 0 Å². The van der Waals surface area contributed by atoms with Crippen LogP contribution in [0.5, 0.6) is 11.5 Å². The minimum atomic E-state index is -4.50. The number of carbonyl (C=O) groups is 1. The largest absolute Gasteiger partial charge is 0.493 e. The Morgan fingerprint density at radius 3 is 2.38 bits per heavy atom. The van der Waals surface area contributed by atoms with E-state index >= 15 is 0 Å². The molecule has 0 saturated heterocycles. The zero-order valence-corrected chi connectivity index (χ0v) is 18.0. The van der Waals surface area contributed by atoms with Crippen LogP contribution in [0.25, 0.3) is 0 Å². The zero-order valence-electron chi connectivity index (χ0n) is 18.0. The normalized spacial score (nSPS) is 21.1. The number of carbonyl (C=O) groups excluding carboxylic acids is 1. The summed E-state index contributed by atoms with van der Waals surface area (Å²) in [5, 5.41) is 5.81. The number of hydrazone groups is 1. The van der Waals surface area contributed by atoms with Gasteiger partial charge in [0.2, 0.25) is 5.91 Å². The minimum Gasteiger partial charge on any atom is -0.493 e. The number of rotatable bonds is 5. The lowest BCUT2D eigenvalue weighted by Gasteiger charge is -2.39. The molecular weight excluding hydrogens is 421 g/mol. The van der Waals surface area contributed by atoms with Crippen molar-refractivity contribution in [1.82, 2.24) is 5.01 Å². The SMILES string of the molecule is COc1ccc(C2=NN(Cc3ccccc3C(F)(F)F)C(=O)C3CCCCC23)cc1OC. The third-order valence-corrected chi connectivity index (χ3v) is 6.24. The van der Waals surface area contributed by atoms with E-state index in [1.165, 1.54) is 24.3 Å². The molecule has 1 aliphatic heterocycles. The molecule has 2 aromatic carbocycles. The Morgan fingerprint density at radius 2 is 1.69 bits per heavy atom. The molecule has 2 unspecified atom stereocenters. The summed E-state index contributed by atoms with van der Waals surface area (Å²) in [6, 6.07) is 10.8. The second-order valence-electron chi connectivity index (χ2n) is 8.10. The van der Waals surface area contributed by atoms with Gasteiger partial charge in [0, 0.05) is 17.4 Å². The number of halogens is 3. The molecule has 0 radical (unpaired) electrons. The van der Waals surface area contributed by atoms with Crippen molar-refractivity contribution < 1.29 is 27.4 Å². The van der Waals surface area contributed by atoms with Gasteiger partial charge < -0.3 is 9.47 Å². The first-order valence-corrected chi connectivity index (χ1v) is 10.6. The first kappa shape index (κ1) is 22.2. The van der Waals surface area contributed by atoms with Gasteiger partial charge in [-0.2, -0.15) is 18.3 Å². The maximum absolute atomic E-state index is 13.5. The summed E-state index contributed by atoms with van der Waals surface area (Å²) in [6.45, 7) is -0.228. The van der Waals surface area contributed by atoms with E-state index in [-0.39, 0.29) is 29.9 Å². The molecule has 1 fully saturated rings. The van der Waals surface area contributed by atoms with E-state index < -0.39 is 11.7 Å². The van der Waals surface area contributed by atoms with Crippen LogP contribution in [-0.4, -0.2) is 30.8 Å². The van der Waals surface area contributed by atoms with E-state index in [1.54, 1.807) is 25.3 Å². The van der Waals surface area contributed by atoms with Crippen LogP contribution in [-0.2, 0) is 17.5 Å². The molecule has 1 aliphatic carbocycles. The van der Waals surface area contributed by atoms with Crippen molar-refractivity contribution >= 4 is 11.6 Å². The number of fused-ring (bicyclic) bond motifs is 1. The average molecular weight is 446 g/mol. The van der Waals surface area contributed by atoms with Crippen LogP contribution in [0.4, 0.5) is 13.2 Å². The molecule has 8 heteroatoms. The summed E-state index contributed by atoms with van der Waals surface area (Å²) in [5.74, 6) is 0.535. The van der Waals surface area contributed by atoms with Crippen molar-refractivity contribution in [3.63, 3.8) is 0 Å². The maximum Gasteiger partial charge on any atom is 0.416 e. The lowest BCUT2D eigenvalue weighted by molar-refractivity contribution is -0.142. The molecule has 0 spiro atoms. The monoisotopic (exact) mass is 446 g/mol. The lowest BCUT2D eigenvalue weighted by Crippen LogP contribution is -2.46. The molecule has 5 nitrogen and oxygen atoms in total. The highest BCUT2D eigenvalue weighted by atomic mass is 19.4. The molecule has 32 heavy (non-hydrogen) atoms. The quantitative estimate of drug-likeness (QED) is 0.628. The highest BCUT2D eigenvalue weighted by Crippen LogP contribution is 2.40. The predicted octanol–water partition coefficient (Wildman–Crippen LogP) is 5.28. The zero-order chi connectivity index (χ0) is 22.9. The van der Waals surface area contributed by atoms with Gasteiger partial charge >= 0.3 is 6.18 Å². The number of nitrogens with zero attached hydrogens (tertiary/aromatic N) is 2. The van der Waals surface area contributed by atoms with Crippen molar-refractivity contribution in [2.75, 3.05) is 14.2 Å². The molecule has 2 aliphatic rings. The molecule has 2 aromatic rings. The smallest absolute Gasteiger partial charge is 0.416 e. The second-order valence-corrected chi connectivity index (χ2v) is 8.10. The summed E-state index contributed by atoms with van der Waals surface area (Å²) in [6.07, 6.45) is -1.08. The first-order valence-electron chi connectivity index (χ1n) is 10.6. The fraction of sp³-hybridized carbons (Fsp3) is 0.417. The highest BCUT2D eigenvalue weighted by molar-refractivity contribution is 6.07. The van der Waals surface area contributed by atoms with Gasteiger partial charge in [-0.05, 0) is 42.7 Å². The standard InChI is InChI=1S/C24H25F3N2O3/c1-31-20-12-11-15(13-21(20)32-2)22-17-8-4-5-9-18(17)23(30)29(28-22)14-16-7-3-6-10-19(16)24(25,26)27/h3,6-7,10-13,17-18H,4-5,8-9,14H2,1-2H3. The van der Waals surface area contributed by atoms with Crippen LogP contribution in [0.1, 0.15) is 42.4 Å². The summed E-state index contributed by atoms with van der Waals surface area (Å²) in [4.78, 5) is 13.2. The number of hydrogen-bond acceptors (Lipinski definition) is 4. The molecule has 0 aromatic heterocycles. The third-order valence-electron chi connectivity index (χ3n) is 6.24. The number of alkyl halides is 3. The van der Waals surface area contributed by atoms with Crippen LogP contribution in [0.15, 0.2) is 47.6 Å². The van der Waals surface area contributed by atoms with Gasteiger partial charge in [-0.1, -0.05) is 31.0 Å². The number of amides is 1. The molecule has 1 heterocycles. The number of hydrogen-bond donors (Lipinski definition) is 0. The molecule has 170 valence electrons. The van der Waals surface area contributed by atoms with Crippen LogP contribution >= 0.6 is 0 Å². The highest BCUT2D eigenvalue weighted by Gasteiger charge is 2.42. The van der Waals surface area contributed by atoms with E-state index in [9.17, 15) is 18.0 Å². The van der Waals surface area contributed by atoms with Crippen LogP contribution in [0.3, 0.4) is 0 Å². The summed E-state index contributed by atoms with van der Waals surface area (Å²) < 4.78 is 51.2. The Labute approximate surface area is 184 Å². The fourth-order valence-electron chi connectivity index (χ4n) is 4.68. The first-order chi connectivity index (χ1) is 15.3. The third kappa shape index (κ3) is 4.18. The van der Waals surface area contributed by atoms with E-state index in [0.29, 0.717) is 23.6 Å². The van der Waals surface area contributed by atoms with Gasteiger partial charge in [-0.25, -0.2) is 5.01 Å². The summed E-state index contributed by atoms with van der Waals surface area (Å²) >= 11 is 0. The van der Waals surface area contributed by atoms with Gasteiger partial charge in [-0.15, -0.1) is 0 Å². The second kappa shape index (κ2) is 8.84. The van der Waals surface area contributed by atoms with Crippen molar-refractivity contribution in [3.8, 4) is 11.5 Å². The Balaban J connectivity index is 1.76. The van der Waals surface area contributed by atoms with Gasteiger partial charge in [0.05, 0.1) is 32.0 Å². The number of methoxy groups -OCH3 is 2. The van der Waals surface area contributed by atoms with Crippen molar-refractivity contribution in [2.45, 2.75) is 38.4 Å². The maximum atomic E-state index is 13.5. The Hall–Kier alpha value is -3.03. The lowest BCUT2D eigenvalue weighted by atomic mass is 9.73. The van der Waals surface area contributed by atoms with Gasteiger partial charge in [0.15, 0.2) is 11.5 Å². The van der Waals surface area contributed by atoms with Crippen molar-refractivity contribution in [3.05, 3.63) is 59.2 Å². The number of benzene rings is 2. The minimum absolute atomic E-state index is 0.0259. The van der Waals surface area contributed by atoms with Gasteiger partial charge in [-0.3, -0.25) is 4.79 Å². The van der Waals surface area contributed by atoms with Crippen LogP contribution < -0.4 is 9.47 Å². The molecule has 1 amide bonds. The van der Waals surface area contributed by atoms with E-state index in [0.717, 1.165) is 30.9 Å². The Kier molecular flexibility index (Phi) is 6.13. The van der Waals surface area contributed by atoms with Crippen LogP contribution in [0, 0.1) is 11.8 Å². The fourth-order valence-corrected chi connectivity index (χ4v) is 4.68. The molecule has 4 rings (SSSR count). The molecule has 0 bridgehead atoms. The average Bonchev–Trinajstić information content (AvgIpc) is 2.80. The number of ether oxygens (including phenoxy) is 2.